The minimum Gasteiger partial charge on any atom is -0.466 e. The molecule has 0 radical (unpaired) electrons. The second-order valence-corrected chi connectivity index (χ2v) is 3.87. The molecule has 0 saturated carbocycles. The summed E-state index contributed by atoms with van der Waals surface area (Å²) in [5.74, 6) is -0.324. The maximum atomic E-state index is 11.3. The number of carbonyl (C=O) groups is 1. The molecule has 1 rings (SSSR count). The molecule has 0 saturated heterocycles. The first-order valence-corrected chi connectivity index (χ1v) is 5.41. The number of nitriles is 1. The standard InChI is InChI=1S/C12H13NO2S/c1-3-15-12(14)6-9-5-11(16)8(2)4-10(9)7-13/h4-5,16H,3,6H2,1-2H3. The Bertz CT molecular complexity index is 449. The van der Waals surface area contributed by atoms with E-state index in [2.05, 4.69) is 18.7 Å². The number of esters is 1. The van der Waals surface area contributed by atoms with Gasteiger partial charge in [0.05, 0.1) is 24.7 Å². The van der Waals surface area contributed by atoms with E-state index in [-0.39, 0.29) is 12.4 Å². The van der Waals surface area contributed by atoms with Gasteiger partial charge in [-0.15, -0.1) is 12.6 Å². The summed E-state index contributed by atoms with van der Waals surface area (Å²) in [4.78, 5) is 12.1. The van der Waals surface area contributed by atoms with Crippen LogP contribution < -0.4 is 0 Å². The third-order valence-electron chi connectivity index (χ3n) is 2.18. The zero-order valence-electron chi connectivity index (χ0n) is 9.28. The second kappa shape index (κ2) is 5.57. The molecule has 0 unspecified atom stereocenters. The molecule has 0 N–H and O–H groups in total. The number of carbonyl (C=O) groups excluding carboxylic acids is 1. The van der Waals surface area contributed by atoms with Crippen LogP contribution in [0.1, 0.15) is 23.6 Å². The average molecular weight is 235 g/mol. The lowest BCUT2D eigenvalue weighted by molar-refractivity contribution is -0.142. The van der Waals surface area contributed by atoms with E-state index in [0.717, 1.165) is 10.5 Å². The maximum Gasteiger partial charge on any atom is 0.310 e. The van der Waals surface area contributed by atoms with Crippen LogP contribution >= 0.6 is 12.6 Å². The smallest absolute Gasteiger partial charge is 0.310 e. The fourth-order valence-corrected chi connectivity index (χ4v) is 1.58. The van der Waals surface area contributed by atoms with Gasteiger partial charge in [0.2, 0.25) is 0 Å². The normalized spacial score (nSPS) is 9.62. The molecule has 0 aromatic heterocycles. The molecule has 0 aliphatic heterocycles. The first kappa shape index (κ1) is 12.6. The third-order valence-corrected chi connectivity index (χ3v) is 2.66. The van der Waals surface area contributed by atoms with Crippen molar-refractivity contribution in [2.75, 3.05) is 6.61 Å². The van der Waals surface area contributed by atoms with Gasteiger partial charge in [-0.25, -0.2) is 0 Å². The summed E-state index contributed by atoms with van der Waals surface area (Å²) in [7, 11) is 0. The van der Waals surface area contributed by atoms with Crippen molar-refractivity contribution in [1.82, 2.24) is 0 Å². The molecule has 0 aliphatic rings. The van der Waals surface area contributed by atoms with Gasteiger partial charge in [-0.1, -0.05) is 0 Å². The van der Waals surface area contributed by atoms with Crippen LogP contribution in [0, 0.1) is 18.3 Å². The molecular weight excluding hydrogens is 222 g/mol. The highest BCUT2D eigenvalue weighted by Gasteiger charge is 2.10. The summed E-state index contributed by atoms with van der Waals surface area (Å²) < 4.78 is 4.84. The van der Waals surface area contributed by atoms with Crippen molar-refractivity contribution in [3.05, 3.63) is 28.8 Å². The van der Waals surface area contributed by atoms with E-state index >= 15 is 0 Å². The minimum absolute atomic E-state index is 0.116. The van der Waals surface area contributed by atoms with E-state index in [9.17, 15) is 4.79 Å². The number of hydrogen-bond donors (Lipinski definition) is 1. The highest BCUT2D eigenvalue weighted by Crippen LogP contribution is 2.19. The van der Waals surface area contributed by atoms with Crippen molar-refractivity contribution in [1.29, 1.82) is 5.26 Å². The molecule has 1 aromatic rings. The van der Waals surface area contributed by atoms with E-state index in [0.29, 0.717) is 17.7 Å². The van der Waals surface area contributed by atoms with Crippen LogP contribution in [0.2, 0.25) is 0 Å². The Balaban J connectivity index is 3.00. The summed E-state index contributed by atoms with van der Waals surface area (Å²) in [6, 6.07) is 5.55. The molecule has 84 valence electrons. The number of hydrogen-bond acceptors (Lipinski definition) is 4. The van der Waals surface area contributed by atoms with E-state index in [1.54, 1.807) is 19.1 Å². The largest absolute Gasteiger partial charge is 0.466 e. The Labute approximate surface area is 100 Å². The van der Waals surface area contributed by atoms with Gasteiger partial charge < -0.3 is 4.74 Å². The number of aryl methyl sites for hydroxylation is 1. The molecule has 0 amide bonds. The average Bonchev–Trinajstić information content (AvgIpc) is 2.23. The lowest BCUT2D eigenvalue weighted by atomic mass is 10.0. The first-order valence-electron chi connectivity index (χ1n) is 4.96. The Kier molecular flexibility index (Phi) is 4.39. The molecule has 0 bridgehead atoms. The number of nitrogens with zero attached hydrogens (tertiary/aromatic N) is 1. The van der Waals surface area contributed by atoms with Gasteiger partial charge in [0.1, 0.15) is 0 Å². The van der Waals surface area contributed by atoms with Gasteiger partial charge in [-0.2, -0.15) is 5.26 Å². The number of ether oxygens (including phenoxy) is 1. The Hall–Kier alpha value is -1.47. The fraction of sp³-hybridized carbons (Fsp3) is 0.333. The van der Waals surface area contributed by atoms with Crippen LogP contribution in [0.15, 0.2) is 17.0 Å². The molecule has 3 nitrogen and oxygen atoms in total. The van der Waals surface area contributed by atoms with E-state index < -0.39 is 0 Å². The number of benzene rings is 1. The van der Waals surface area contributed by atoms with Gasteiger partial charge in [-0.05, 0) is 37.1 Å². The van der Waals surface area contributed by atoms with Crippen LogP contribution in [0.5, 0.6) is 0 Å². The van der Waals surface area contributed by atoms with Crippen LogP contribution in [0.25, 0.3) is 0 Å². The molecule has 4 heteroatoms. The summed E-state index contributed by atoms with van der Waals surface area (Å²) in [5.41, 5.74) is 2.09. The molecule has 0 spiro atoms. The van der Waals surface area contributed by atoms with E-state index in [1.165, 1.54) is 0 Å². The van der Waals surface area contributed by atoms with Gasteiger partial charge >= 0.3 is 5.97 Å². The van der Waals surface area contributed by atoms with Crippen LogP contribution in [-0.2, 0) is 16.0 Å². The predicted molar refractivity (Wildman–Crippen MR) is 63.5 cm³/mol. The fourth-order valence-electron chi connectivity index (χ4n) is 1.36. The predicted octanol–water partition coefficient (Wildman–Crippen LogP) is 2.26. The minimum atomic E-state index is -0.324. The zero-order chi connectivity index (χ0) is 12.1. The lowest BCUT2D eigenvalue weighted by Crippen LogP contribution is -2.09. The highest BCUT2D eigenvalue weighted by molar-refractivity contribution is 7.80. The van der Waals surface area contributed by atoms with Crippen molar-refractivity contribution < 1.29 is 9.53 Å². The molecule has 1 aromatic carbocycles. The highest BCUT2D eigenvalue weighted by atomic mass is 32.1. The Morgan fingerprint density at radius 1 is 1.56 bits per heavy atom. The quantitative estimate of drug-likeness (QED) is 0.646. The van der Waals surface area contributed by atoms with Crippen molar-refractivity contribution in [3.8, 4) is 6.07 Å². The monoisotopic (exact) mass is 235 g/mol. The molecule has 16 heavy (non-hydrogen) atoms. The molecule has 0 heterocycles. The van der Waals surface area contributed by atoms with Crippen molar-refractivity contribution >= 4 is 18.6 Å². The Morgan fingerprint density at radius 3 is 2.81 bits per heavy atom. The first-order chi connectivity index (χ1) is 7.58. The molecule has 0 fully saturated rings. The zero-order valence-corrected chi connectivity index (χ0v) is 10.2. The summed E-state index contributed by atoms with van der Waals surface area (Å²) in [5, 5.41) is 8.95. The van der Waals surface area contributed by atoms with Gasteiger partial charge in [0.25, 0.3) is 0 Å². The molecule has 0 aliphatic carbocycles. The molecule has 0 atom stereocenters. The number of rotatable bonds is 3. The summed E-state index contributed by atoms with van der Waals surface area (Å²) in [6.45, 7) is 3.97. The van der Waals surface area contributed by atoms with E-state index in [1.807, 2.05) is 6.92 Å². The van der Waals surface area contributed by atoms with Gasteiger partial charge in [-0.3, -0.25) is 4.79 Å². The summed E-state index contributed by atoms with van der Waals surface area (Å²) >= 11 is 4.27. The van der Waals surface area contributed by atoms with Crippen molar-refractivity contribution in [2.24, 2.45) is 0 Å². The third kappa shape index (κ3) is 3.01. The number of thiol groups is 1. The second-order valence-electron chi connectivity index (χ2n) is 3.39. The molecular formula is C12H13NO2S. The van der Waals surface area contributed by atoms with Crippen LogP contribution in [0.3, 0.4) is 0 Å². The van der Waals surface area contributed by atoms with E-state index in [4.69, 9.17) is 10.00 Å². The van der Waals surface area contributed by atoms with Gasteiger partial charge in [0.15, 0.2) is 0 Å². The van der Waals surface area contributed by atoms with Gasteiger partial charge in [0, 0.05) is 4.90 Å². The van der Waals surface area contributed by atoms with Crippen molar-refractivity contribution in [3.63, 3.8) is 0 Å². The van der Waals surface area contributed by atoms with Crippen LogP contribution in [0.4, 0.5) is 0 Å². The topological polar surface area (TPSA) is 50.1 Å². The van der Waals surface area contributed by atoms with Crippen LogP contribution in [-0.4, -0.2) is 12.6 Å². The SMILES string of the molecule is CCOC(=O)Cc1cc(S)c(C)cc1C#N. The lowest BCUT2D eigenvalue weighted by Gasteiger charge is -2.07. The van der Waals surface area contributed by atoms with Crippen molar-refractivity contribution in [2.45, 2.75) is 25.2 Å². The Morgan fingerprint density at radius 2 is 2.25 bits per heavy atom. The summed E-state index contributed by atoms with van der Waals surface area (Å²) in [6.07, 6.45) is 0.116. The maximum absolute atomic E-state index is 11.3.